The van der Waals surface area contributed by atoms with Gasteiger partial charge in [0.25, 0.3) is 0 Å². The van der Waals surface area contributed by atoms with Crippen LogP contribution in [0.5, 0.6) is 0 Å². The van der Waals surface area contributed by atoms with Gasteiger partial charge in [-0.3, -0.25) is 0 Å². The van der Waals surface area contributed by atoms with E-state index in [4.69, 9.17) is 0 Å². The molecule has 0 spiro atoms. The second-order valence-electron chi connectivity index (χ2n) is 5.36. The number of rotatable bonds is 7. The Kier molecular flexibility index (Phi) is 5.16. The number of aryl methyl sites for hydroxylation is 2. The molecule has 7 heteroatoms. The van der Waals surface area contributed by atoms with Crippen LogP contribution in [-0.2, 0) is 17.7 Å². The SMILES string of the molecule is Cc1nc(CCOCC(F)(F)F)nc(C)c1CNC1CC1. The van der Waals surface area contributed by atoms with Gasteiger partial charge in [0.2, 0.25) is 0 Å². The van der Waals surface area contributed by atoms with E-state index in [1.807, 2.05) is 13.8 Å². The third kappa shape index (κ3) is 5.59. The summed E-state index contributed by atoms with van der Waals surface area (Å²) >= 11 is 0. The highest BCUT2D eigenvalue weighted by atomic mass is 19.4. The highest BCUT2D eigenvalue weighted by molar-refractivity contribution is 5.24. The van der Waals surface area contributed by atoms with Crippen molar-refractivity contribution >= 4 is 0 Å². The minimum absolute atomic E-state index is 0.0297. The Morgan fingerprint density at radius 3 is 2.33 bits per heavy atom. The zero-order chi connectivity index (χ0) is 15.5. The van der Waals surface area contributed by atoms with Gasteiger partial charge in [-0.15, -0.1) is 0 Å². The Balaban J connectivity index is 1.86. The van der Waals surface area contributed by atoms with Gasteiger partial charge in [-0.05, 0) is 26.7 Å². The number of nitrogens with zero attached hydrogens (tertiary/aromatic N) is 2. The summed E-state index contributed by atoms with van der Waals surface area (Å²) in [6.45, 7) is 3.29. The first-order valence-corrected chi connectivity index (χ1v) is 7.06. The molecule has 4 nitrogen and oxygen atoms in total. The summed E-state index contributed by atoms with van der Waals surface area (Å²) in [5, 5.41) is 3.41. The molecule has 1 N–H and O–H groups in total. The number of nitrogens with one attached hydrogen (secondary N) is 1. The van der Waals surface area contributed by atoms with Gasteiger partial charge < -0.3 is 10.1 Å². The average molecular weight is 303 g/mol. The number of hydrogen-bond donors (Lipinski definition) is 1. The summed E-state index contributed by atoms with van der Waals surface area (Å²) in [5.74, 6) is 0.530. The van der Waals surface area contributed by atoms with Gasteiger partial charge in [0.1, 0.15) is 12.4 Å². The number of aromatic nitrogens is 2. The van der Waals surface area contributed by atoms with Crippen molar-refractivity contribution in [3.63, 3.8) is 0 Å². The van der Waals surface area contributed by atoms with Crippen molar-refractivity contribution in [2.45, 2.75) is 51.9 Å². The summed E-state index contributed by atoms with van der Waals surface area (Å²) < 4.78 is 40.4. The molecule has 0 aromatic carbocycles. The van der Waals surface area contributed by atoms with Gasteiger partial charge in [0.05, 0.1) is 6.61 Å². The fourth-order valence-electron chi connectivity index (χ4n) is 2.06. The van der Waals surface area contributed by atoms with Crippen molar-refractivity contribution in [1.82, 2.24) is 15.3 Å². The Bertz CT molecular complexity index is 464. The predicted molar refractivity (Wildman–Crippen MR) is 71.9 cm³/mol. The van der Waals surface area contributed by atoms with Crippen molar-refractivity contribution in [1.29, 1.82) is 0 Å². The Labute approximate surface area is 122 Å². The quantitative estimate of drug-likeness (QED) is 0.786. The Morgan fingerprint density at radius 2 is 1.81 bits per heavy atom. The minimum Gasteiger partial charge on any atom is -0.372 e. The molecular formula is C14H20F3N3O. The van der Waals surface area contributed by atoms with Gasteiger partial charge in [0.15, 0.2) is 0 Å². The zero-order valence-electron chi connectivity index (χ0n) is 12.3. The molecule has 0 aliphatic heterocycles. The van der Waals surface area contributed by atoms with Crippen molar-refractivity contribution < 1.29 is 17.9 Å². The van der Waals surface area contributed by atoms with E-state index in [0.29, 0.717) is 11.9 Å². The minimum atomic E-state index is -4.29. The van der Waals surface area contributed by atoms with E-state index in [0.717, 1.165) is 23.5 Å². The van der Waals surface area contributed by atoms with E-state index in [-0.39, 0.29) is 13.0 Å². The monoisotopic (exact) mass is 303 g/mol. The van der Waals surface area contributed by atoms with Crippen molar-refractivity contribution in [2.24, 2.45) is 0 Å². The summed E-state index contributed by atoms with van der Waals surface area (Å²) in [6, 6.07) is 0.610. The standard InChI is InChI=1S/C14H20F3N3O/c1-9-12(7-18-11-3-4-11)10(2)20-13(19-9)5-6-21-8-14(15,16)17/h11,18H,3-8H2,1-2H3. The fraction of sp³-hybridized carbons (Fsp3) is 0.714. The third-order valence-corrected chi connectivity index (χ3v) is 3.35. The van der Waals surface area contributed by atoms with Crippen LogP contribution in [0.2, 0.25) is 0 Å². The Hall–Kier alpha value is -1.21. The van der Waals surface area contributed by atoms with Gasteiger partial charge in [-0.1, -0.05) is 0 Å². The van der Waals surface area contributed by atoms with Crippen molar-refractivity contribution in [3.05, 3.63) is 22.8 Å². The maximum Gasteiger partial charge on any atom is 0.411 e. The van der Waals surface area contributed by atoms with Gasteiger partial charge in [0, 0.05) is 36.0 Å². The molecule has 0 atom stereocenters. The van der Waals surface area contributed by atoms with Gasteiger partial charge in [-0.25, -0.2) is 9.97 Å². The van der Waals surface area contributed by atoms with Crippen molar-refractivity contribution in [2.75, 3.05) is 13.2 Å². The second kappa shape index (κ2) is 6.70. The number of alkyl halides is 3. The van der Waals surface area contributed by atoms with Crippen LogP contribution in [0, 0.1) is 13.8 Å². The molecule has 1 aliphatic carbocycles. The summed E-state index contributed by atoms with van der Waals surface area (Å²) in [4.78, 5) is 8.71. The molecule has 118 valence electrons. The van der Waals surface area contributed by atoms with Gasteiger partial charge in [-0.2, -0.15) is 13.2 Å². The van der Waals surface area contributed by atoms with Crippen LogP contribution in [0.1, 0.15) is 35.6 Å². The first-order valence-electron chi connectivity index (χ1n) is 7.06. The van der Waals surface area contributed by atoms with E-state index in [2.05, 4.69) is 20.0 Å². The highest BCUT2D eigenvalue weighted by Crippen LogP contribution is 2.20. The van der Waals surface area contributed by atoms with Crippen LogP contribution in [0.4, 0.5) is 13.2 Å². The molecule has 1 saturated carbocycles. The van der Waals surface area contributed by atoms with E-state index < -0.39 is 12.8 Å². The molecule has 0 bridgehead atoms. The molecule has 1 aromatic rings. The lowest BCUT2D eigenvalue weighted by Gasteiger charge is -2.12. The lowest BCUT2D eigenvalue weighted by molar-refractivity contribution is -0.173. The number of halogens is 3. The molecule has 2 rings (SSSR count). The molecule has 0 unspecified atom stereocenters. The summed E-state index contributed by atoms with van der Waals surface area (Å²) in [5.41, 5.74) is 2.82. The van der Waals surface area contributed by atoms with E-state index in [1.165, 1.54) is 12.8 Å². The normalized spacial score (nSPS) is 15.5. The van der Waals surface area contributed by atoms with Crippen LogP contribution in [0.3, 0.4) is 0 Å². The van der Waals surface area contributed by atoms with E-state index in [1.54, 1.807) is 0 Å². The number of hydrogen-bond acceptors (Lipinski definition) is 4. The van der Waals surface area contributed by atoms with Crippen LogP contribution >= 0.6 is 0 Å². The molecule has 1 fully saturated rings. The van der Waals surface area contributed by atoms with Crippen LogP contribution < -0.4 is 5.32 Å². The lowest BCUT2D eigenvalue weighted by Crippen LogP contribution is -2.20. The molecule has 1 heterocycles. The predicted octanol–water partition coefficient (Wildman–Crippen LogP) is 2.47. The largest absolute Gasteiger partial charge is 0.411 e. The first-order chi connectivity index (χ1) is 9.85. The van der Waals surface area contributed by atoms with Crippen molar-refractivity contribution in [3.8, 4) is 0 Å². The third-order valence-electron chi connectivity index (χ3n) is 3.35. The summed E-state index contributed by atoms with van der Waals surface area (Å²) in [6.07, 6.45) is -1.57. The van der Waals surface area contributed by atoms with E-state index in [9.17, 15) is 13.2 Å². The highest BCUT2D eigenvalue weighted by Gasteiger charge is 2.27. The number of ether oxygens (including phenoxy) is 1. The molecule has 0 radical (unpaired) electrons. The fourth-order valence-corrected chi connectivity index (χ4v) is 2.06. The van der Waals surface area contributed by atoms with E-state index >= 15 is 0 Å². The van der Waals surface area contributed by atoms with Crippen LogP contribution in [0.15, 0.2) is 0 Å². The van der Waals surface area contributed by atoms with Gasteiger partial charge >= 0.3 is 6.18 Å². The molecule has 0 saturated heterocycles. The maximum absolute atomic E-state index is 12.0. The molecule has 1 aliphatic rings. The molecule has 0 amide bonds. The molecule has 1 aromatic heterocycles. The Morgan fingerprint density at radius 1 is 1.19 bits per heavy atom. The smallest absolute Gasteiger partial charge is 0.372 e. The maximum atomic E-state index is 12.0. The second-order valence-corrected chi connectivity index (χ2v) is 5.36. The van der Waals surface area contributed by atoms with Crippen LogP contribution in [0.25, 0.3) is 0 Å². The van der Waals surface area contributed by atoms with Crippen LogP contribution in [-0.4, -0.2) is 35.4 Å². The molecular weight excluding hydrogens is 283 g/mol. The average Bonchev–Trinajstić information content (AvgIpc) is 3.16. The lowest BCUT2D eigenvalue weighted by atomic mass is 10.1. The topological polar surface area (TPSA) is 47.0 Å². The molecule has 21 heavy (non-hydrogen) atoms. The zero-order valence-corrected chi connectivity index (χ0v) is 12.3. The summed E-state index contributed by atoms with van der Waals surface area (Å²) in [7, 11) is 0. The first kappa shape index (κ1) is 16.2.